The van der Waals surface area contributed by atoms with E-state index >= 15 is 0 Å². The fourth-order valence-corrected chi connectivity index (χ4v) is 2.96. The van der Waals surface area contributed by atoms with E-state index in [9.17, 15) is 0 Å². The number of aryl methyl sites for hydroxylation is 2. The van der Waals surface area contributed by atoms with Gasteiger partial charge in [0.2, 0.25) is 0 Å². The summed E-state index contributed by atoms with van der Waals surface area (Å²) in [4.78, 5) is 0. The fourth-order valence-electron chi connectivity index (χ4n) is 2.96. The van der Waals surface area contributed by atoms with Crippen molar-refractivity contribution in [3.63, 3.8) is 0 Å². The highest BCUT2D eigenvalue weighted by Gasteiger charge is 2.20. The van der Waals surface area contributed by atoms with Crippen molar-refractivity contribution in [3.8, 4) is 0 Å². The first-order valence-electron chi connectivity index (χ1n) is 7.27. The largest absolute Gasteiger partial charge is 0.355 e. The van der Waals surface area contributed by atoms with Crippen LogP contribution in [0, 0.1) is 13.8 Å². The van der Waals surface area contributed by atoms with E-state index in [4.69, 9.17) is 0 Å². The monoisotopic (exact) mass is 263 g/mol. The van der Waals surface area contributed by atoms with Gasteiger partial charge in [-0.25, -0.2) is 0 Å². The third-order valence-electron chi connectivity index (χ3n) is 4.22. The number of allylic oxidation sites excluding steroid dienone is 1. The van der Waals surface area contributed by atoms with Gasteiger partial charge in [-0.15, -0.1) is 0 Å². The first-order chi connectivity index (χ1) is 9.60. The van der Waals surface area contributed by atoms with E-state index in [1.165, 1.54) is 44.8 Å². The van der Waals surface area contributed by atoms with Crippen LogP contribution in [0.2, 0.25) is 0 Å². The first-order valence-corrected chi connectivity index (χ1v) is 7.27. The minimum atomic E-state index is 0.995. The van der Waals surface area contributed by atoms with Crippen LogP contribution in [-0.2, 0) is 6.42 Å². The van der Waals surface area contributed by atoms with E-state index < -0.39 is 0 Å². The quantitative estimate of drug-likeness (QED) is 0.655. The van der Waals surface area contributed by atoms with Crippen LogP contribution in [-0.4, -0.2) is 0 Å². The zero-order valence-corrected chi connectivity index (χ0v) is 12.5. The van der Waals surface area contributed by atoms with E-state index in [0.29, 0.717) is 0 Å². The normalized spacial score (nSPS) is 12.3. The molecular formula is C19H21N. The van der Waals surface area contributed by atoms with E-state index in [0.717, 1.165) is 12.8 Å². The van der Waals surface area contributed by atoms with Gasteiger partial charge in [-0.05, 0) is 54.2 Å². The summed E-state index contributed by atoms with van der Waals surface area (Å²) < 4.78 is 0. The van der Waals surface area contributed by atoms with Crippen molar-refractivity contribution in [1.29, 1.82) is 0 Å². The Morgan fingerprint density at radius 1 is 1.20 bits per heavy atom. The maximum Gasteiger partial charge on any atom is 0.0456 e. The number of anilines is 2. The second-order valence-corrected chi connectivity index (χ2v) is 5.70. The summed E-state index contributed by atoms with van der Waals surface area (Å²) in [5, 5.41) is 3.61. The van der Waals surface area contributed by atoms with Crippen molar-refractivity contribution < 1.29 is 0 Å². The van der Waals surface area contributed by atoms with Crippen LogP contribution in [0.3, 0.4) is 0 Å². The molecule has 2 aromatic carbocycles. The molecule has 0 saturated heterocycles. The molecule has 1 heteroatoms. The highest BCUT2D eigenvalue weighted by atomic mass is 14.9. The van der Waals surface area contributed by atoms with Crippen LogP contribution in [0.5, 0.6) is 0 Å². The Bertz CT molecular complexity index is 695. The summed E-state index contributed by atoms with van der Waals surface area (Å²) in [7, 11) is 0. The molecule has 0 bridgehead atoms. The molecule has 0 amide bonds. The van der Waals surface area contributed by atoms with E-state index in [2.05, 4.69) is 63.0 Å². The minimum Gasteiger partial charge on any atom is -0.355 e. The molecule has 1 aliphatic heterocycles. The van der Waals surface area contributed by atoms with Gasteiger partial charge < -0.3 is 5.32 Å². The third-order valence-corrected chi connectivity index (χ3v) is 4.22. The van der Waals surface area contributed by atoms with Gasteiger partial charge in [0.15, 0.2) is 0 Å². The van der Waals surface area contributed by atoms with Crippen LogP contribution in [0.1, 0.15) is 41.2 Å². The van der Waals surface area contributed by atoms with Crippen LogP contribution < -0.4 is 5.32 Å². The molecule has 3 rings (SSSR count). The molecule has 0 atom stereocenters. The molecule has 0 fully saturated rings. The van der Waals surface area contributed by atoms with E-state index in [1.54, 1.807) is 0 Å². The third kappa shape index (κ3) is 2.03. The zero-order valence-electron chi connectivity index (χ0n) is 12.5. The summed E-state index contributed by atoms with van der Waals surface area (Å²) in [6, 6.07) is 11.1. The lowest BCUT2D eigenvalue weighted by atomic mass is 9.87. The number of benzene rings is 2. The average molecular weight is 263 g/mol. The summed E-state index contributed by atoms with van der Waals surface area (Å²) in [6.07, 6.45) is 1.99. The summed E-state index contributed by atoms with van der Waals surface area (Å²) in [6.45, 7) is 10.7. The van der Waals surface area contributed by atoms with Crippen molar-refractivity contribution in [2.24, 2.45) is 0 Å². The standard InChI is InChI=1S/C19H21N/c1-5-13(3)16-8-7-14(4)19-17(16)11-15-10-12(2)6-9-18(15)20-19/h6-10,20H,3,5,11H2,1-2,4H3. The number of fused-ring (bicyclic) bond motifs is 2. The maximum absolute atomic E-state index is 4.23. The Labute approximate surface area is 121 Å². The smallest absolute Gasteiger partial charge is 0.0456 e. The number of rotatable bonds is 2. The predicted molar refractivity (Wildman–Crippen MR) is 87.8 cm³/mol. The van der Waals surface area contributed by atoms with Crippen LogP contribution in [0.25, 0.3) is 5.57 Å². The second kappa shape index (κ2) is 4.82. The fraction of sp³-hybridized carbons (Fsp3) is 0.263. The lowest BCUT2D eigenvalue weighted by Crippen LogP contribution is -2.10. The summed E-state index contributed by atoms with van der Waals surface area (Å²) in [5.74, 6) is 0. The highest BCUT2D eigenvalue weighted by Crippen LogP contribution is 2.39. The van der Waals surface area contributed by atoms with Crippen LogP contribution >= 0.6 is 0 Å². The topological polar surface area (TPSA) is 12.0 Å². The van der Waals surface area contributed by atoms with Crippen LogP contribution in [0.4, 0.5) is 11.4 Å². The van der Waals surface area contributed by atoms with Crippen molar-refractivity contribution in [3.05, 3.63) is 64.7 Å². The second-order valence-electron chi connectivity index (χ2n) is 5.70. The minimum absolute atomic E-state index is 0.995. The highest BCUT2D eigenvalue weighted by molar-refractivity contribution is 5.81. The molecule has 1 nitrogen and oxygen atoms in total. The van der Waals surface area contributed by atoms with Crippen molar-refractivity contribution in [2.45, 2.75) is 33.6 Å². The molecule has 0 aromatic heterocycles. The van der Waals surface area contributed by atoms with Gasteiger partial charge in [-0.2, -0.15) is 0 Å². The van der Waals surface area contributed by atoms with Crippen molar-refractivity contribution >= 4 is 16.9 Å². The number of hydrogen-bond donors (Lipinski definition) is 1. The molecule has 102 valence electrons. The molecule has 1 N–H and O–H groups in total. The summed E-state index contributed by atoms with van der Waals surface area (Å²) in [5.41, 5.74) is 10.4. The molecule has 0 radical (unpaired) electrons. The van der Waals surface area contributed by atoms with Gasteiger partial charge in [0.25, 0.3) is 0 Å². The maximum atomic E-state index is 4.23. The number of nitrogens with one attached hydrogen (secondary N) is 1. The molecule has 1 heterocycles. The molecule has 2 aromatic rings. The molecule has 1 aliphatic rings. The van der Waals surface area contributed by atoms with E-state index in [-0.39, 0.29) is 0 Å². The Balaban J connectivity index is 2.15. The lowest BCUT2D eigenvalue weighted by Gasteiger charge is -2.26. The molecular weight excluding hydrogens is 242 g/mol. The average Bonchev–Trinajstić information content (AvgIpc) is 2.45. The van der Waals surface area contributed by atoms with Crippen molar-refractivity contribution in [1.82, 2.24) is 0 Å². The van der Waals surface area contributed by atoms with E-state index in [1.807, 2.05) is 0 Å². The van der Waals surface area contributed by atoms with Crippen LogP contribution in [0.15, 0.2) is 36.9 Å². The van der Waals surface area contributed by atoms with Gasteiger partial charge in [0.1, 0.15) is 0 Å². The first kappa shape index (κ1) is 13.0. The molecule has 20 heavy (non-hydrogen) atoms. The lowest BCUT2D eigenvalue weighted by molar-refractivity contribution is 1.11. The molecule has 0 spiro atoms. The SMILES string of the molecule is C=C(CC)c1ccc(C)c2c1Cc1cc(C)ccc1N2. The van der Waals surface area contributed by atoms with Gasteiger partial charge in [0, 0.05) is 17.8 Å². The molecule has 0 aliphatic carbocycles. The van der Waals surface area contributed by atoms with Crippen molar-refractivity contribution in [2.75, 3.05) is 5.32 Å². The van der Waals surface area contributed by atoms with Gasteiger partial charge in [0.05, 0.1) is 0 Å². The Kier molecular flexibility index (Phi) is 3.13. The van der Waals surface area contributed by atoms with Gasteiger partial charge in [-0.1, -0.05) is 43.3 Å². The predicted octanol–water partition coefficient (Wildman–Crippen LogP) is 5.37. The Morgan fingerprint density at radius 2 is 2.00 bits per heavy atom. The van der Waals surface area contributed by atoms with Gasteiger partial charge in [-0.3, -0.25) is 0 Å². The van der Waals surface area contributed by atoms with Gasteiger partial charge >= 0.3 is 0 Å². The molecule has 0 unspecified atom stereocenters. The zero-order chi connectivity index (χ0) is 14.3. The Hall–Kier alpha value is -2.02. The summed E-state index contributed by atoms with van der Waals surface area (Å²) >= 11 is 0. The number of hydrogen-bond acceptors (Lipinski definition) is 1. The Morgan fingerprint density at radius 3 is 2.75 bits per heavy atom. The molecule has 0 saturated carbocycles.